The lowest BCUT2D eigenvalue weighted by Crippen LogP contribution is -2.59. The maximum absolute atomic E-state index is 13.2. The Labute approximate surface area is 154 Å². The van der Waals surface area contributed by atoms with Crippen molar-refractivity contribution in [3.05, 3.63) is 21.6 Å². The SMILES string of the molecule is O=[N+]([O-])c1ccsc1N1CCC2(CC1)C[C@@H](CN1CCC(F)(F)CC1)O2. The predicted molar refractivity (Wildman–Crippen MR) is 95.3 cm³/mol. The minimum atomic E-state index is -2.50. The molecule has 0 bridgehead atoms. The van der Waals surface area contributed by atoms with Gasteiger partial charge in [0.2, 0.25) is 0 Å². The second-order valence-corrected chi connectivity index (χ2v) is 8.53. The summed E-state index contributed by atoms with van der Waals surface area (Å²) in [4.78, 5) is 14.9. The van der Waals surface area contributed by atoms with Crippen LogP contribution in [0.5, 0.6) is 0 Å². The first kappa shape index (κ1) is 18.1. The van der Waals surface area contributed by atoms with Crippen LogP contribution >= 0.6 is 11.3 Å². The summed E-state index contributed by atoms with van der Waals surface area (Å²) >= 11 is 1.41. The van der Waals surface area contributed by atoms with Crippen LogP contribution in [0, 0.1) is 10.1 Å². The van der Waals surface area contributed by atoms with Gasteiger partial charge in [-0.2, -0.15) is 0 Å². The van der Waals surface area contributed by atoms with Gasteiger partial charge >= 0.3 is 5.69 Å². The standard InChI is InChI=1S/C17H23F2N3O3S/c18-17(19)4-6-20(7-5-17)12-13-11-16(25-13)2-8-21(9-3-16)15-14(22(23)24)1-10-26-15/h1,10,13H,2-9,11-12H2/t13-/m0/s1. The molecule has 3 saturated heterocycles. The first-order chi connectivity index (χ1) is 12.4. The lowest BCUT2D eigenvalue weighted by Gasteiger charge is -2.53. The van der Waals surface area contributed by atoms with Gasteiger partial charge in [-0.1, -0.05) is 0 Å². The molecule has 1 aromatic rings. The molecule has 4 heterocycles. The summed E-state index contributed by atoms with van der Waals surface area (Å²) in [7, 11) is 0. The maximum atomic E-state index is 13.2. The second-order valence-electron chi connectivity index (χ2n) is 7.64. The van der Waals surface area contributed by atoms with Gasteiger partial charge in [-0.3, -0.25) is 10.1 Å². The van der Waals surface area contributed by atoms with Gasteiger partial charge in [0.1, 0.15) is 0 Å². The van der Waals surface area contributed by atoms with E-state index in [0.29, 0.717) is 13.1 Å². The zero-order valence-corrected chi connectivity index (χ0v) is 15.4. The minimum Gasteiger partial charge on any atom is -0.370 e. The molecule has 3 aliphatic heterocycles. The summed E-state index contributed by atoms with van der Waals surface area (Å²) in [6.07, 6.45) is 2.69. The van der Waals surface area contributed by atoms with E-state index in [4.69, 9.17) is 4.74 Å². The summed E-state index contributed by atoms with van der Waals surface area (Å²) in [6, 6.07) is 1.56. The van der Waals surface area contributed by atoms with E-state index in [2.05, 4.69) is 9.80 Å². The number of hydrogen-bond donors (Lipinski definition) is 0. The number of anilines is 1. The topological polar surface area (TPSA) is 58.9 Å². The maximum Gasteiger partial charge on any atom is 0.303 e. The highest BCUT2D eigenvalue weighted by Gasteiger charge is 2.48. The Bertz CT molecular complexity index is 658. The van der Waals surface area contributed by atoms with Gasteiger partial charge in [-0.05, 0) is 18.2 Å². The van der Waals surface area contributed by atoms with Crippen LogP contribution in [0.2, 0.25) is 0 Å². The van der Waals surface area contributed by atoms with E-state index < -0.39 is 5.92 Å². The van der Waals surface area contributed by atoms with Gasteiger partial charge in [-0.15, -0.1) is 11.3 Å². The van der Waals surface area contributed by atoms with Gasteiger partial charge in [0.05, 0.1) is 16.6 Å². The molecule has 0 saturated carbocycles. The molecule has 0 unspecified atom stereocenters. The Hall–Kier alpha value is -1.32. The zero-order chi connectivity index (χ0) is 18.4. The summed E-state index contributed by atoms with van der Waals surface area (Å²) in [5.74, 6) is -2.50. The van der Waals surface area contributed by atoms with E-state index >= 15 is 0 Å². The van der Waals surface area contributed by atoms with Crippen molar-refractivity contribution in [2.75, 3.05) is 37.6 Å². The summed E-state index contributed by atoms with van der Waals surface area (Å²) in [6.45, 7) is 3.12. The summed E-state index contributed by atoms with van der Waals surface area (Å²) < 4.78 is 32.6. The van der Waals surface area contributed by atoms with Crippen LogP contribution in [0.3, 0.4) is 0 Å². The normalized spacial score (nSPS) is 28.1. The van der Waals surface area contributed by atoms with Crippen LogP contribution in [0.4, 0.5) is 19.5 Å². The number of nitrogens with zero attached hydrogens (tertiary/aromatic N) is 3. The van der Waals surface area contributed by atoms with Crippen LogP contribution < -0.4 is 4.90 Å². The molecule has 1 aromatic heterocycles. The quantitative estimate of drug-likeness (QED) is 0.584. The fraction of sp³-hybridized carbons (Fsp3) is 0.765. The van der Waals surface area contributed by atoms with E-state index in [1.54, 1.807) is 11.4 Å². The van der Waals surface area contributed by atoms with Crippen molar-refractivity contribution in [1.82, 2.24) is 4.90 Å². The zero-order valence-electron chi connectivity index (χ0n) is 14.5. The number of rotatable bonds is 4. The van der Waals surface area contributed by atoms with Crippen LogP contribution in [0.25, 0.3) is 0 Å². The highest BCUT2D eigenvalue weighted by Crippen LogP contribution is 2.44. The molecule has 3 fully saturated rings. The van der Waals surface area contributed by atoms with Gasteiger partial charge in [0.15, 0.2) is 5.00 Å². The summed E-state index contributed by atoms with van der Waals surface area (Å²) in [5, 5.41) is 13.6. The molecule has 1 atom stereocenters. The Balaban J connectivity index is 1.25. The van der Waals surface area contributed by atoms with Crippen LogP contribution in [0.1, 0.15) is 32.1 Å². The third-order valence-corrected chi connectivity index (χ3v) is 6.81. The fourth-order valence-electron chi connectivity index (χ4n) is 4.32. The molecule has 1 spiro atoms. The monoisotopic (exact) mass is 387 g/mol. The summed E-state index contributed by atoms with van der Waals surface area (Å²) in [5.41, 5.74) is 0.0627. The average molecular weight is 387 g/mol. The van der Waals surface area contributed by atoms with Crippen molar-refractivity contribution >= 4 is 22.0 Å². The Morgan fingerprint density at radius 3 is 2.50 bits per heavy atom. The third-order valence-electron chi connectivity index (χ3n) is 5.85. The molecule has 0 aliphatic carbocycles. The van der Waals surface area contributed by atoms with Crippen molar-refractivity contribution < 1.29 is 18.4 Å². The Morgan fingerprint density at radius 1 is 1.23 bits per heavy atom. The van der Waals surface area contributed by atoms with E-state index in [-0.39, 0.29) is 35.2 Å². The van der Waals surface area contributed by atoms with Crippen LogP contribution in [0.15, 0.2) is 11.4 Å². The number of alkyl halides is 2. The number of ether oxygens (including phenoxy) is 1. The number of hydrogen-bond acceptors (Lipinski definition) is 6. The van der Waals surface area contributed by atoms with Crippen molar-refractivity contribution in [2.24, 2.45) is 0 Å². The van der Waals surface area contributed by atoms with Gasteiger partial charge in [0.25, 0.3) is 5.92 Å². The minimum absolute atomic E-state index is 0.0561. The molecule has 6 nitrogen and oxygen atoms in total. The predicted octanol–water partition coefficient (Wildman–Crippen LogP) is 3.52. The van der Waals surface area contributed by atoms with Gasteiger partial charge in [-0.25, -0.2) is 8.78 Å². The van der Waals surface area contributed by atoms with E-state index in [0.717, 1.165) is 43.9 Å². The van der Waals surface area contributed by atoms with Gasteiger partial charge in [0, 0.05) is 58.1 Å². The molecule has 9 heteroatoms. The number of piperidine rings is 2. The van der Waals surface area contributed by atoms with Crippen LogP contribution in [-0.4, -0.2) is 60.2 Å². The molecule has 4 rings (SSSR count). The van der Waals surface area contributed by atoms with E-state index in [1.807, 2.05) is 0 Å². The molecular weight excluding hydrogens is 364 g/mol. The van der Waals surface area contributed by atoms with Crippen LogP contribution in [-0.2, 0) is 4.74 Å². The number of nitro groups is 1. The molecular formula is C17H23F2N3O3S. The molecule has 0 N–H and O–H groups in total. The largest absolute Gasteiger partial charge is 0.370 e. The highest BCUT2D eigenvalue weighted by atomic mass is 32.1. The molecule has 3 aliphatic rings. The smallest absolute Gasteiger partial charge is 0.303 e. The highest BCUT2D eigenvalue weighted by molar-refractivity contribution is 7.14. The Kier molecular flexibility index (Phi) is 4.65. The van der Waals surface area contributed by atoms with Crippen molar-refractivity contribution in [1.29, 1.82) is 0 Å². The number of likely N-dealkylation sites (tertiary alicyclic amines) is 1. The Morgan fingerprint density at radius 2 is 1.88 bits per heavy atom. The third kappa shape index (κ3) is 3.57. The lowest BCUT2D eigenvalue weighted by atomic mass is 9.80. The van der Waals surface area contributed by atoms with Crippen molar-refractivity contribution in [2.45, 2.75) is 49.7 Å². The number of halogens is 2. The average Bonchev–Trinajstić information content (AvgIpc) is 3.06. The number of thiophene rings is 1. The lowest BCUT2D eigenvalue weighted by molar-refractivity contribution is -0.383. The van der Waals surface area contributed by atoms with Gasteiger partial charge < -0.3 is 14.5 Å². The molecule has 0 radical (unpaired) electrons. The molecule has 0 amide bonds. The first-order valence-electron chi connectivity index (χ1n) is 9.11. The van der Waals surface area contributed by atoms with Crippen molar-refractivity contribution in [3.8, 4) is 0 Å². The molecule has 144 valence electrons. The fourth-order valence-corrected chi connectivity index (χ4v) is 5.24. The second kappa shape index (κ2) is 6.69. The van der Waals surface area contributed by atoms with E-state index in [9.17, 15) is 18.9 Å². The molecule has 0 aromatic carbocycles. The van der Waals surface area contributed by atoms with E-state index in [1.165, 1.54) is 11.3 Å². The molecule has 26 heavy (non-hydrogen) atoms. The van der Waals surface area contributed by atoms with Crippen molar-refractivity contribution in [3.63, 3.8) is 0 Å². The first-order valence-corrected chi connectivity index (χ1v) is 9.99.